The van der Waals surface area contributed by atoms with Crippen LogP contribution in [0, 0.1) is 11.3 Å². The van der Waals surface area contributed by atoms with Crippen molar-refractivity contribution in [3.05, 3.63) is 24.3 Å². The molecule has 0 bridgehead atoms. The number of hydrogen-bond donors (Lipinski definition) is 1. The van der Waals surface area contributed by atoms with Crippen molar-refractivity contribution < 1.29 is 9.53 Å². The van der Waals surface area contributed by atoms with E-state index in [1.54, 1.807) is 4.90 Å². The third kappa shape index (κ3) is 4.42. The third-order valence-corrected chi connectivity index (χ3v) is 4.79. The van der Waals surface area contributed by atoms with E-state index >= 15 is 0 Å². The Morgan fingerprint density at radius 3 is 2.54 bits per heavy atom. The molecular formula is C18H23N5O2S. The van der Waals surface area contributed by atoms with Gasteiger partial charge in [0.2, 0.25) is 0 Å². The second-order valence-electron chi connectivity index (χ2n) is 6.49. The molecule has 2 fully saturated rings. The molecule has 2 saturated heterocycles. The molecule has 0 saturated carbocycles. The Labute approximate surface area is 159 Å². The topological polar surface area (TPSA) is 71.8 Å². The van der Waals surface area contributed by atoms with Gasteiger partial charge in [-0.25, -0.2) is 4.79 Å². The highest BCUT2D eigenvalue weighted by Gasteiger charge is 2.32. The van der Waals surface area contributed by atoms with Crippen molar-refractivity contribution in [2.75, 3.05) is 55.6 Å². The Hall–Kier alpha value is -2.37. The van der Waals surface area contributed by atoms with Crippen LogP contribution in [0.15, 0.2) is 24.3 Å². The van der Waals surface area contributed by atoms with Crippen molar-refractivity contribution in [1.29, 1.82) is 5.26 Å². The lowest BCUT2D eigenvalue weighted by atomic mass is 10.2. The highest BCUT2D eigenvalue weighted by molar-refractivity contribution is 7.80. The summed E-state index contributed by atoms with van der Waals surface area (Å²) in [5, 5.41) is 11.8. The number of rotatable bonds is 5. The number of benzene rings is 1. The molecule has 1 N–H and O–H groups in total. The fourth-order valence-electron chi connectivity index (χ4n) is 3.20. The van der Waals surface area contributed by atoms with Crippen molar-refractivity contribution in [2.45, 2.75) is 13.0 Å². The van der Waals surface area contributed by atoms with Crippen LogP contribution in [-0.2, 0) is 4.74 Å². The van der Waals surface area contributed by atoms with Crippen LogP contribution in [-0.4, -0.2) is 67.9 Å². The van der Waals surface area contributed by atoms with Gasteiger partial charge in [-0.3, -0.25) is 9.80 Å². The lowest BCUT2D eigenvalue weighted by molar-refractivity contribution is 0.143. The number of amides is 1. The molecule has 0 aromatic heterocycles. The maximum atomic E-state index is 12.1. The summed E-state index contributed by atoms with van der Waals surface area (Å²) in [7, 11) is 0. The largest absolute Gasteiger partial charge is 0.442 e. The molecule has 0 spiro atoms. The zero-order valence-electron chi connectivity index (χ0n) is 14.9. The SMILES string of the molecule is CC(=S)NCC1CN(c2ccc(N3CCN(CC#N)CC3)cc2)C(=O)O1. The summed E-state index contributed by atoms with van der Waals surface area (Å²) >= 11 is 4.99. The molecule has 3 rings (SSSR count). The highest BCUT2D eigenvalue weighted by atomic mass is 32.1. The maximum absolute atomic E-state index is 12.1. The monoisotopic (exact) mass is 373 g/mol. The summed E-state index contributed by atoms with van der Waals surface area (Å²) in [6, 6.07) is 10.2. The molecule has 1 aromatic rings. The van der Waals surface area contributed by atoms with Crippen LogP contribution in [0.1, 0.15) is 6.92 Å². The molecule has 0 radical (unpaired) electrons. The van der Waals surface area contributed by atoms with Crippen LogP contribution in [0.2, 0.25) is 0 Å². The normalized spacial score (nSPS) is 20.6. The van der Waals surface area contributed by atoms with E-state index in [-0.39, 0.29) is 12.2 Å². The molecule has 8 heteroatoms. The number of ether oxygens (including phenoxy) is 1. The highest BCUT2D eigenvalue weighted by Crippen LogP contribution is 2.25. The standard InChI is InChI=1S/C18H23N5O2S/c1-14(26)20-12-17-13-23(18(24)25-17)16-4-2-15(3-5-16)22-10-8-21(7-6-19)9-11-22/h2-5,17H,7-13H2,1H3,(H,20,26). The van der Waals surface area contributed by atoms with E-state index in [1.165, 1.54) is 0 Å². The van der Waals surface area contributed by atoms with Gasteiger partial charge in [0.1, 0.15) is 6.10 Å². The van der Waals surface area contributed by atoms with Crippen LogP contribution in [0.5, 0.6) is 0 Å². The first-order chi connectivity index (χ1) is 12.6. The number of carbonyl (C=O) groups excluding carboxylic acids is 1. The van der Waals surface area contributed by atoms with E-state index in [2.05, 4.69) is 21.2 Å². The molecule has 2 aliphatic heterocycles. The molecule has 1 aromatic carbocycles. The van der Waals surface area contributed by atoms with Crippen molar-refractivity contribution in [2.24, 2.45) is 0 Å². The second-order valence-corrected chi connectivity index (χ2v) is 7.10. The number of hydrogen-bond acceptors (Lipinski definition) is 6. The van der Waals surface area contributed by atoms with E-state index in [9.17, 15) is 4.79 Å². The quantitative estimate of drug-likeness (QED) is 0.621. The number of carbonyl (C=O) groups is 1. The summed E-state index contributed by atoms with van der Waals surface area (Å²) in [5.74, 6) is 0. The average molecular weight is 373 g/mol. The summed E-state index contributed by atoms with van der Waals surface area (Å²) in [6.07, 6.45) is -0.523. The number of nitrogens with zero attached hydrogens (tertiary/aromatic N) is 4. The van der Waals surface area contributed by atoms with Gasteiger partial charge >= 0.3 is 6.09 Å². The van der Waals surface area contributed by atoms with Crippen molar-refractivity contribution in [3.63, 3.8) is 0 Å². The van der Waals surface area contributed by atoms with Crippen LogP contribution in [0.25, 0.3) is 0 Å². The van der Waals surface area contributed by atoms with Gasteiger partial charge in [0, 0.05) is 37.6 Å². The first-order valence-electron chi connectivity index (χ1n) is 8.73. The first-order valence-corrected chi connectivity index (χ1v) is 9.14. The maximum Gasteiger partial charge on any atom is 0.414 e. The lowest BCUT2D eigenvalue weighted by Crippen LogP contribution is -2.46. The van der Waals surface area contributed by atoms with Gasteiger partial charge in [-0.15, -0.1) is 0 Å². The molecule has 138 valence electrons. The summed E-state index contributed by atoms with van der Waals surface area (Å²) < 4.78 is 5.38. The van der Waals surface area contributed by atoms with E-state index < -0.39 is 0 Å². The van der Waals surface area contributed by atoms with Crippen LogP contribution < -0.4 is 15.1 Å². The van der Waals surface area contributed by atoms with E-state index in [0.717, 1.165) is 37.6 Å². The minimum absolute atomic E-state index is 0.201. The fraction of sp³-hybridized carbons (Fsp3) is 0.500. The predicted octanol–water partition coefficient (Wildman–Crippen LogP) is 1.59. The zero-order valence-corrected chi connectivity index (χ0v) is 15.7. The molecule has 1 atom stereocenters. The van der Waals surface area contributed by atoms with Gasteiger partial charge in [-0.1, -0.05) is 12.2 Å². The number of anilines is 2. The number of nitrogens with one attached hydrogen (secondary N) is 1. The third-order valence-electron chi connectivity index (χ3n) is 4.65. The smallest absolute Gasteiger partial charge is 0.414 e. The van der Waals surface area contributed by atoms with Gasteiger partial charge in [-0.2, -0.15) is 5.26 Å². The second kappa shape index (κ2) is 8.34. The molecule has 2 aliphatic rings. The first kappa shape index (κ1) is 18.4. The van der Waals surface area contributed by atoms with E-state index in [4.69, 9.17) is 22.2 Å². The molecule has 7 nitrogen and oxygen atoms in total. The molecule has 2 heterocycles. The Bertz CT molecular complexity index is 695. The van der Waals surface area contributed by atoms with E-state index in [1.807, 2.05) is 31.2 Å². The number of thiocarbonyl (C=S) groups is 1. The van der Waals surface area contributed by atoms with Crippen LogP contribution in [0.3, 0.4) is 0 Å². The Kier molecular flexibility index (Phi) is 5.91. The molecule has 1 amide bonds. The van der Waals surface area contributed by atoms with Gasteiger partial charge in [0.05, 0.1) is 30.7 Å². The number of cyclic esters (lactones) is 1. The van der Waals surface area contributed by atoms with E-state index in [0.29, 0.717) is 24.6 Å². The molecule has 26 heavy (non-hydrogen) atoms. The molecular weight excluding hydrogens is 350 g/mol. The Morgan fingerprint density at radius 1 is 1.27 bits per heavy atom. The van der Waals surface area contributed by atoms with Crippen molar-refractivity contribution in [1.82, 2.24) is 10.2 Å². The van der Waals surface area contributed by atoms with Gasteiger partial charge in [0.25, 0.3) is 0 Å². The zero-order chi connectivity index (χ0) is 18.5. The summed E-state index contributed by atoms with van der Waals surface area (Å²) in [4.78, 5) is 18.9. The number of piperazine rings is 1. The Balaban J connectivity index is 1.57. The average Bonchev–Trinajstić information content (AvgIpc) is 3.02. The van der Waals surface area contributed by atoms with Crippen LogP contribution >= 0.6 is 12.2 Å². The fourth-order valence-corrected chi connectivity index (χ4v) is 3.29. The molecule has 0 aliphatic carbocycles. The minimum Gasteiger partial charge on any atom is -0.442 e. The predicted molar refractivity (Wildman–Crippen MR) is 105 cm³/mol. The lowest BCUT2D eigenvalue weighted by Gasteiger charge is -2.35. The van der Waals surface area contributed by atoms with Gasteiger partial charge in [-0.05, 0) is 31.2 Å². The summed E-state index contributed by atoms with van der Waals surface area (Å²) in [6.45, 7) is 6.92. The number of nitriles is 1. The summed E-state index contributed by atoms with van der Waals surface area (Å²) in [5.41, 5.74) is 1.97. The Morgan fingerprint density at radius 2 is 1.92 bits per heavy atom. The van der Waals surface area contributed by atoms with Crippen LogP contribution in [0.4, 0.5) is 16.2 Å². The minimum atomic E-state index is -0.323. The molecule has 1 unspecified atom stereocenters. The van der Waals surface area contributed by atoms with Gasteiger partial charge < -0.3 is 15.0 Å². The van der Waals surface area contributed by atoms with Gasteiger partial charge in [0.15, 0.2) is 0 Å². The van der Waals surface area contributed by atoms with Crippen molar-refractivity contribution >= 4 is 34.7 Å². The van der Waals surface area contributed by atoms with Crippen molar-refractivity contribution in [3.8, 4) is 6.07 Å².